The zero-order valence-electron chi connectivity index (χ0n) is 14.1. The van der Waals surface area contributed by atoms with Gasteiger partial charge >= 0.3 is 0 Å². The van der Waals surface area contributed by atoms with Crippen molar-refractivity contribution in [3.8, 4) is 0 Å². The van der Waals surface area contributed by atoms with E-state index in [-0.39, 0.29) is 5.54 Å². The van der Waals surface area contributed by atoms with Crippen molar-refractivity contribution in [1.29, 1.82) is 0 Å². The summed E-state index contributed by atoms with van der Waals surface area (Å²) in [6.45, 7) is 11.2. The second kappa shape index (κ2) is 7.09. The van der Waals surface area contributed by atoms with Gasteiger partial charge < -0.3 is 15.0 Å². The molecule has 0 aliphatic heterocycles. The van der Waals surface area contributed by atoms with E-state index in [0.717, 1.165) is 31.8 Å². The van der Waals surface area contributed by atoms with Gasteiger partial charge in [0.25, 0.3) is 0 Å². The number of nitrogens with zero attached hydrogens (tertiary/aromatic N) is 3. The van der Waals surface area contributed by atoms with Crippen LogP contribution in [0.4, 0.5) is 5.82 Å². The van der Waals surface area contributed by atoms with Crippen LogP contribution >= 0.6 is 0 Å². The van der Waals surface area contributed by atoms with Crippen molar-refractivity contribution in [2.24, 2.45) is 7.05 Å². The smallest absolute Gasteiger partial charge is 0.131 e. The van der Waals surface area contributed by atoms with Crippen LogP contribution in [-0.4, -0.2) is 42.6 Å². The Balaban J connectivity index is 2.83. The number of nitrogens with one attached hydrogen (secondary N) is 1. The molecule has 0 saturated heterocycles. The van der Waals surface area contributed by atoms with Crippen LogP contribution in [0, 0.1) is 6.92 Å². The summed E-state index contributed by atoms with van der Waals surface area (Å²) in [6, 6.07) is 0. The van der Waals surface area contributed by atoms with E-state index in [4.69, 9.17) is 4.74 Å². The molecule has 0 unspecified atom stereocenters. The number of rotatable bonds is 7. The zero-order chi connectivity index (χ0) is 15.3. The fourth-order valence-electron chi connectivity index (χ4n) is 2.28. The van der Waals surface area contributed by atoms with Crippen LogP contribution in [0.15, 0.2) is 0 Å². The molecular formula is C15H30N4O. The average Bonchev–Trinajstić information content (AvgIpc) is 2.60. The van der Waals surface area contributed by atoms with Gasteiger partial charge in [-0.2, -0.15) is 5.10 Å². The highest BCUT2D eigenvalue weighted by Gasteiger charge is 2.18. The molecule has 0 fully saturated rings. The van der Waals surface area contributed by atoms with Crippen LogP contribution < -0.4 is 10.2 Å². The molecule has 1 heterocycles. The maximum atomic E-state index is 5.12. The highest BCUT2D eigenvalue weighted by Crippen LogP contribution is 2.23. The van der Waals surface area contributed by atoms with Gasteiger partial charge in [0.15, 0.2) is 0 Å². The van der Waals surface area contributed by atoms with Gasteiger partial charge in [-0.3, -0.25) is 4.68 Å². The summed E-state index contributed by atoms with van der Waals surface area (Å²) in [5, 5.41) is 8.11. The average molecular weight is 282 g/mol. The highest BCUT2D eigenvalue weighted by atomic mass is 16.5. The lowest BCUT2D eigenvalue weighted by Gasteiger charge is -2.24. The summed E-state index contributed by atoms with van der Waals surface area (Å²) in [7, 11) is 5.87. The highest BCUT2D eigenvalue weighted by molar-refractivity contribution is 5.49. The predicted octanol–water partition coefficient (Wildman–Crippen LogP) is 2.09. The van der Waals surface area contributed by atoms with E-state index >= 15 is 0 Å². The van der Waals surface area contributed by atoms with Gasteiger partial charge in [0.05, 0.1) is 5.69 Å². The first-order chi connectivity index (χ1) is 9.26. The first-order valence-electron chi connectivity index (χ1n) is 7.24. The summed E-state index contributed by atoms with van der Waals surface area (Å²) >= 11 is 0. The summed E-state index contributed by atoms with van der Waals surface area (Å²) < 4.78 is 7.10. The summed E-state index contributed by atoms with van der Waals surface area (Å²) in [4.78, 5) is 2.26. The lowest BCUT2D eigenvalue weighted by molar-refractivity contribution is 0.196. The Hall–Kier alpha value is -1.07. The second-order valence-corrected chi connectivity index (χ2v) is 6.38. The van der Waals surface area contributed by atoms with E-state index in [2.05, 4.69) is 50.1 Å². The number of hydrogen-bond acceptors (Lipinski definition) is 4. The maximum Gasteiger partial charge on any atom is 0.131 e. The first-order valence-corrected chi connectivity index (χ1v) is 7.24. The molecule has 1 aromatic heterocycles. The van der Waals surface area contributed by atoms with E-state index in [1.54, 1.807) is 7.11 Å². The molecule has 1 N–H and O–H groups in total. The van der Waals surface area contributed by atoms with E-state index in [9.17, 15) is 0 Å². The molecule has 0 saturated carbocycles. The van der Waals surface area contributed by atoms with Crippen LogP contribution in [0.3, 0.4) is 0 Å². The normalized spacial score (nSPS) is 11.9. The van der Waals surface area contributed by atoms with Crippen molar-refractivity contribution in [1.82, 2.24) is 15.1 Å². The molecule has 5 nitrogen and oxygen atoms in total. The number of anilines is 1. The fourth-order valence-corrected chi connectivity index (χ4v) is 2.28. The number of ether oxygens (including phenoxy) is 1. The molecule has 0 atom stereocenters. The van der Waals surface area contributed by atoms with E-state index < -0.39 is 0 Å². The second-order valence-electron chi connectivity index (χ2n) is 6.38. The fraction of sp³-hybridized carbons (Fsp3) is 0.800. The molecule has 0 radical (unpaired) electrons. The topological polar surface area (TPSA) is 42.3 Å². The van der Waals surface area contributed by atoms with Crippen LogP contribution in [0.25, 0.3) is 0 Å². The number of aromatic nitrogens is 2. The molecule has 1 aromatic rings. The Morgan fingerprint density at radius 1 is 1.35 bits per heavy atom. The molecule has 0 amide bonds. The van der Waals surface area contributed by atoms with Crippen molar-refractivity contribution < 1.29 is 4.74 Å². The largest absolute Gasteiger partial charge is 0.385 e. The lowest BCUT2D eigenvalue weighted by Crippen LogP contribution is -2.35. The van der Waals surface area contributed by atoms with Crippen LogP contribution in [0.5, 0.6) is 0 Å². The third-order valence-electron chi connectivity index (χ3n) is 3.31. The molecule has 0 spiro atoms. The van der Waals surface area contributed by atoms with E-state index in [1.807, 2.05) is 11.7 Å². The predicted molar refractivity (Wildman–Crippen MR) is 84.3 cm³/mol. The van der Waals surface area contributed by atoms with Crippen molar-refractivity contribution in [3.63, 3.8) is 0 Å². The van der Waals surface area contributed by atoms with Gasteiger partial charge in [-0.1, -0.05) is 0 Å². The van der Waals surface area contributed by atoms with Crippen molar-refractivity contribution >= 4 is 5.82 Å². The minimum Gasteiger partial charge on any atom is -0.385 e. The quantitative estimate of drug-likeness (QED) is 0.778. The molecule has 0 aliphatic rings. The maximum absolute atomic E-state index is 5.12. The Morgan fingerprint density at radius 2 is 2.00 bits per heavy atom. The summed E-state index contributed by atoms with van der Waals surface area (Å²) in [5.41, 5.74) is 2.48. The molecule has 0 bridgehead atoms. The van der Waals surface area contributed by atoms with Crippen molar-refractivity contribution in [2.45, 2.75) is 46.2 Å². The van der Waals surface area contributed by atoms with Gasteiger partial charge in [-0.15, -0.1) is 0 Å². The number of aryl methyl sites for hydroxylation is 2. The summed E-state index contributed by atoms with van der Waals surface area (Å²) in [5.74, 6) is 1.19. The molecule has 116 valence electrons. The first kappa shape index (κ1) is 17.0. The SMILES string of the molecule is COCCCN(C)c1c(CNC(C)(C)C)c(C)nn1C. The standard InChI is InChI=1S/C15H30N4O/c1-12-13(11-16-15(2,3)4)14(19(6)17-12)18(5)9-8-10-20-7/h16H,8-11H2,1-7H3. The molecule has 5 heteroatoms. The summed E-state index contributed by atoms with van der Waals surface area (Å²) in [6.07, 6.45) is 1.02. The van der Waals surface area contributed by atoms with Gasteiger partial charge in [0.1, 0.15) is 5.82 Å². The third-order valence-corrected chi connectivity index (χ3v) is 3.31. The van der Waals surface area contributed by atoms with Crippen LogP contribution in [-0.2, 0) is 18.3 Å². The number of hydrogen-bond donors (Lipinski definition) is 1. The van der Waals surface area contributed by atoms with Crippen molar-refractivity contribution in [2.75, 3.05) is 32.2 Å². The number of methoxy groups -OCH3 is 1. The Kier molecular flexibility index (Phi) is 6.02. The van der Waals surface area contributed by atoms with Crippen LogP contribution in [0.2, 0.25) is 0 Å². The lowest BCUT2D eigenvalue weighted by atomic mass is 10.1. The van der Waals surface area contributed by atoms with Gasteiger partial charge in [0.2, 0.25) is 0 Å². The minimum absolute atomic E-state index is 0.105. The van der Waals surface area contributed by atoms with Gasteiger partial charge in [-0.05, 0) is 34.1 Å². The molecule has 20 heavy (non-hydrogen) atoms. The Bertz CT molecular complexity index is 420. The van der Waals surface area contributed by atoms with Gasteiger partial charge in [0, 0.05) is 52.0 Å². The minimum atomic E-state index is 0.105. The zero-order valence-corrected chi connectivity index (χ0v) is 14.1. The molecule has 0 aliphatic carbocycles. The Morgan fingerprint density at radius 3 is 2.55 bits per heavy atom. The van der Waals surface area contributed by atoms with Gasteiger partial charge in [-0.25, -0.2) is 0 Å². The molecule has 1 rings (SSSR count). The van der Waals surface area contributed by atoms with Crippen LogP contribution in [0.1, 0.15) is 38.4 Å². The monoisotopic (exact) mass is 282 g/mol. The molecular weight excluding hydrogens is 252 g/mol. The van der Waals surface area contributed by atoms with Crippen molar-refractivity contribution in [3.05, 3.63) is 11.3 Å². The van der Waals surface area contributed by atoms with E-state index in [1.165, 1.54) is 11.4 Å². The Labute approximate surface area is 123 Å². The third kappa shape index (κ3) is 4.80. The van der Waals surface area contributed by atoms with E-state index in [0.29, 0.717) is 0 Å². The molecule has 0 aromatic carbocycles.